The summed E-state index contributed by atoms with van der Waals surface area (Å²) in [5.74, 6) is 1.55. The lowest BCUT2D eigenvalue weighted by molar-refractivity contribution is -0.144. The molecule has 0 aliphatic carbocycles. The number of likely N-dealkylation sites (tertiary alicyclic amines) is 2. The van der Waals surface area contributed by atoms with Gasteiger partial charge in [-0.1, -0.05) is 61.7 Å². The van der Waals surface area contributed by atoms with Gasteiger partial charge < -0.3 is 19.3 Å². The van der Waals surface area contributed by atoms with Crippen LogP contribution >= 0.6 is 0 Å². The minimum absolute atomic E-state index is 0.0591. The smallest absolute Gasteiger partial charge is 0.266 e. The van der Waals surface area contributed by atoms with Crippen LogP contribution in [-0.4, -0.2) is 60.0 Å². The summed E-state index contributed by atoms with van der Waals surface area (Å²) in [6.07, 6.45) is 7.86. The summed E-state index contributed by atoms with van der Waals surface area (Å²) in [5, 5.41) is 0. The molecule has 2 aliphatic heterocycles. The van der Waals surface area contributed by atoms with Crippen LogP contribution in [0.4, 0.5) is 0 Å². The average molecular weight is 491 g/mol. The zero-order chi connectivity index (χ0) is 26.0. The van der Waals surface area contributed by atoms with Gasteiger partial charge in [0.25, 0.3) is 11.8 Å². The molecule has 0 unspecified atom stereocenters. The second-order valence-corrected chi connectivity index (χ2v) is 9.47. The third-order valence-electron chi connectivity index (χ3n) is 6.36. The minimum Gasteiger partial charge on any atom is -0.483 e. The van der Waals surface area contributed by atoms with Crippen LogP contribution < -0.4 is 9.47 Å². The van der Waals surface area contributed by atoms with Crippen LogP contribution in [-0.2, 0) is 9.59 Å². The number of hydrogen-bond acceptors (Lipinski definition) is 4. The SMILES string of the molecule is C=Cc1ccccc1OC(C)(C)C(=O)N1CCCC1.C=Cc1ccccc1OCC(=O)N1CCCC1. The van der Waals surface area contributed by atoms with Crippen molar-refractivity contribution in [3.05, 3.63) is 72.8 Å². The summed E-state index contributed by atoms with van der Waals surface area (Å²) in [6, 6.07) is 15.2. The van der Waals surface area contributed by atoms with Crippen LogP contribution in [0.25, 0.3) is 12.2 Å². The molecule has 2 aromatic carbocycles. The first-order chi connectivity index (χ1) is 17.4. The number of carbonyl (C=O) groups excluding carboxylic acids is 2. The second-order valence-electron chi connectivity index (χ2n) is 9.47. The van der Waals surface area contributed by atoms with Crippen molar-refractivity contribution in [2.75, 3.05) is 32.8 Å². The second kappa shape index (κ2) is 13.0. The van der Waals surface area contributed by atoms with E-state index in [9.17, 15) is 9.59 Å². The Morgan fingerprint density at radius 1 is 0.806 bits per heavy atom. The first-order valence-corrected chi connectivity index (χ1v) is 12.7. The van der Waals surface area contributed by atoms with Gasteiger partial charge in [-0.25, -0.2) is 0 Å². The highest BCUT2D eigenvalue weighted by molar-refractivity contribution is 5.85. The minimum atomic E-state index is -0.844. The van der Waals surface area contributed by atoms with Crippen molar-refractivity contribution in [1.29, 1.82) is 0 Å². The zero-order valence-corrected chi connectivity index (χ0v) is 21.6. The number of nitrogens with zero attached hydrogens (tertiary/aromatic N) is 2. The lowest BCUT2D eigenvalue weighted by atomic mass is 10.1. The van der Waals surface area contributed by atoms with Gasteiger partial charge in [0.2, 0.25) is 0 Å². The molecule has 192 valence electrons. The van der Waals surface area contributed by atoms with E-state index in [2.05, 4.69) is 13.2 Å². The molecule has 36 heavy (non-hydrogen) atoms. The Labute approximate surface area is 215 Å². The Morgan fingerprint density at radius 2 is 1.28 bits per heavy atom. The fourth-order valence-electron chi connectivity index (χ4n) is 4.34. The van der Waals surface area contributed by atoms with E-state index in [1.54, 1.807) is 12.2 Å². The molecule has 2 aliphatic rings. The molecule has 0 N–H and O–H groups in total. The first kappa shape index (κ1) is 27.1. The van der Waals surface area contributed by atoms with Gasteiger partial charge in [-0.3, -0.25) is 9.59 Å². The summed E-state index contributed by atoms with van der Waals surface area (Å²) in [5.41, 5.74) is 0.982. The molecule has 0 saturated carbocycles. The quantitative estimate of drug-likeness (QED) is 0.494. The highest BCUT2D eigenvalue weighted by atomic mass is 16.5. The Hall–Kier alpha value is -3.54. The number of amides is 2. The van der Waals surface area contributed by atoms with Gasteiger partial charge in [-0.2, -0.15) is 0 Å². The summed E-state index contributed by atoms with van der Waals surface area (Å²) >= 11 is 0. The lowest BCUT2D eigenvalue weighted by Crippen LogP contribution is -2.47. The van der Waals surface area contributed by atoms with Crippen molar-refractivity contribution in [2.45, 2.75) is 45.1 Å². The van der Waals surface area contributed by atoms with Crippen molar-refractivity contribution in [3.8, 4) is 11.5 Å². The van der Waals surface area contributed by atoms with Crippen LogP contribution in [0.5, 0.6) is 11.5 Å². The topological polar surface area (TPSA) is 59.1 Å². The van der Waals surface area contributed by atoms with Crippen molar-refractivity contribution in [3.63, 3.8) is 0 Å². The number of hydrogen-bond donors (Lipinski definition) is 0. The van der Waals surface area contributed by atoms with E-state index in [0.29, 0.717) is 5.75 Å². The fourth-order valence-corrected chi connectivity index (χ4v) is 4.34. The van der Waals surface area contributed by atoms with Crippen LogP contribution in [0, 0.1) is 0 Å². The van der Waals surface area contributed by atoms with E-state index in [4.69, 9.17) is 9.47 Å². The maximum Gasteiger partial charge on any atom is 0.266 e. The Bertz CT molecular complexity index is 1050. The predicted octanol–water partition coefficient (Wildman–Crippen LogP) is 5.44. The molecule has 0 aromatic heterocycles. The van der Waals surface area contributed by atoms with Gasteiger partial charge in [0, 0.05) is 37.3 Å². The van der Waals surface area contributed by atoms with Gasteiger partial charge in [0.15, 0.2) is 12.2 Å². The predicted molar refractivity (Wildman–Crippen MR) is 145 cm³/mol. The van der Waals surface area contributed by atoms with Gasteiger partial charge in [-0.05, 0) is 51.7 Å². The molecule has 2 fully saturated rings. The third-order valence-corrected chi connectivity index (χ3v) is 6.36. The number of carbonyl (C=O) groups is 2. The Morgan fingerprint density at radius 3 is 1.83 bits per heavy atom. The van der Waals surface area contributed by atoms with Crippen LogP contribution in [0.1, 0.15) is 50.7 Å². The van der Waals surface area contributed by atoms with E-state index in [-0.39, 0.29) is 18.4 Å². The van der Waals surface area contributed by atoms with Crippen LogP contribution in [0.3, 0.4) is 0 Å². The largest absolute Gasteiger partial charge is 0.483 e. The monoisotopic (exact) mass is 490 g/mol. The Kier molecular flexibility index (Phi) is 9.74. The van der Waals surface area contributed by atoms with Gasteiger partial charge in [0.1, 0.15) is 11.5 Å². The van der Waals surface area contributed by atoms with Crippen molar-refractivity contribution < 1.29 is 19.1 Å². The molecule has 0 spiro atoms. The standard InChI is InChI=1S/C16H21NO2.C14H17NO2/c1-4-13-9-5-6-10-14(13)19-16(2,3)15(18)17-11-7-8-12-17;1-2-12-7-3-4-8-13(12)17-11-14(16)15-9-5-6-10-15/h4-6,9-10H,1,7-8,11-12H2,2-3H3;2-4,7-8H,1,5-6,9-11H2. The van der Waals surface area contributed by atoms with E-state index < -0.39 is 5.60 Å². The van der Waals surface area contributed by atoms with Crippen molar-refractivity contribution in [2.24, 2.45) is 0 Å². The lowest BCUT2D eigenvalue weighted by Gasteiger charge is -2.30. The molecule has 2 aromatic rings. The molecule has 4 rings (SSSR count). The van der Waals surface area contributed by atoms with E-state index >= 15 is 0 Å². The summed E-state index contributed by atoms with van der Waals surface area (Å²) in [6.45, 7) is 14.7. The Balaban J connectivity index is 0.000000202. The van der Waals surface area contributed by atoms with Crippen LogP contribution in [0.15, 0.2) is 61.7 Å². The van der Waals surface area contributed by atoms with Gasteiger partial charge >= 0.3 is 0 Å². The van der Waals surface area contributed by atoms with Crippen molar-refractivity contribution >= 4 is 24.0 Å². The maximum absolute atomic E-state index is 12.4. The first-order valence-electron chi connectivity index (χ1n) is 12.7. The normalized spacial score (nSPS) is 15.1. The van der Waals surface area contributed by atoms with Crippen LogP contribution in [0.2, 0.25) is 0 Å². The molecule has 6 heteroatoms. The summed E-state index contributed by atoms with van der Waals surface area (Å²) in [4.78, 5) is 28.0. The summed E-state index contributed by atoms with van der Waals surface area (Å²) in [7, 11) is 0. The molecular formula is C30H38N2O4. The highest BCUT2D eigenvalue weighted by Gasteiger charge is 2.35. The highest BCUT2D eigenvalue weighted by Crippen LogP contribution is 2.26. The van der Waals surface area contributed by atoms with Crippen molar-refractivity contribution in [1.82, 2.24) is 9.80 Å². The number of benzene rings is 2. The number of para-hydroxylation sites is 2. The number of ether oxygens (including phenoxy) is 2. The zero-order valence-electron chi connectivity index (χ0n) is 21.6. The fraction of sp³-hybridized carbons (Fsp3) is 0.400. The molecular weight excluding hydrogens is 452 g/mol. The number of rotatable bonds is 8. The molecule has 2 saturated heterocycles. The molecule has 0 atom stereocenters. The average Bonchev–Trinajstić information content (AvgIpc) is 3.62. The van der Waals surface area contributed by atoms with E-state index in [1.165, 1.54) is 0 Å². The van der Waals surface area contributed by atoms with Gasteiger partial charge in [-0.15, -0.1) is 0 Å². The van der Waals surface area contributed by atoms with Gasteiger partial charge in [0.05, 0.1) is 0 Å². The van der Waals surface area contributed by atoms with E-state index in [0.717, 1.165) is 68.7 Å². The summed E-state index contributed by atoms with van der Waals surface area (Å²) < 4.78 is 11.5. The molecule has 6 nitrogen and oxygen atoms in total. The molecule has 2 amide bonds. The molecule has 0 radical (unpaired) electrons. The third kappa shape index (κ3) is 7.23. The molecule has 0 bridgehead atoms. The maximum atomic E-state index is 12.4. The van der Waals surface area contributed by atoms with E-state index in [1.807, 2.05) is 72.2 Å². The molecule has 2 heterocycles.